The number of unbranched alkanes of at least 4 members (excludes halogenated alkanes) is 1. The molecule has 1 N–H and O–H groups in total. The minimum absolute atomic E-state index is 0.101. The molecule has 98 valence electrons. The molecule has 0 saturated heterocycles. The fourth-order valence-corrected chi connectivity index (χ4v) is 5.79. The first-order valence-electron chi connectivity index (χ1n) is 5.93. The molecule has 0 radical (unpaired) electrons. The number of hydrogen-bond acceptors (Lipinski definition) is 3. The Morgan fingerprint density at radius 3 is 2.00 bits per heavy atom. The van der Waals surface area contributed by atoms with E-state index < -0.39 is 18.4 Å². The van der Waals surface area contributed by atoms with Crippen molar-refractivity contribution in [2.24, 2.45) is 0 Å². The van der Waals surface area contributed by atoms with Crippen LogP contribution in [0, 0.1) is 0 Å². The van der Waals surface area contributed by atoms with Gasteiger partial charge in [0.15, 0.2) is 0 Å². The van der Waals surface area contributed by atoms with E-state index in [9.17, 15) is 8.42 Å². The molecule has 0 aliphatic rings. The Morgan fingerprint density at radius 2 is 1.62 bits per heavy atom. The maximum absolute atomic E-state index is 10.6. The highest BCUT2D eigenvalue weighted by Crippen LogP contribution is 2.18. The highest BCUT2D eigenvalue weighted by molar-refractivity contribution is 7.85. The zero-order chi connectivity index (χ0) is 12.8. The van der Waals surface area contributed by atoms with Gasteiger partial charge in [0.05, 0.1) is 5.75 Å². The second-order valence-electron chi connectivity index (χ2n) is 4.73. The standard InChI is InChI=1S/C10H25NO3SSi/c1-5-11(6-2)16(3,4)10-8-7-9-15(12,13)14/h5-10H2,1-4H3,(H,12,13,14). The summed E-state index contributed by atoms with van der Waals surface area (Å²) >= 11 is 0. The Bertz CT molecular complexity index is 286. The van der Waals surface area contributed by atoms with Crippen LogP contribution < -0.4 is 0 Å². The van der Waals surface area contributed by atoms with Crippen LogP contribution in [-0.2, 0) is 10.1 Å². The highest BCUT2D eigenvalue weighted by atomic mass is 32.2. The van der Waals surface area contributed by atoms with Crippen LogP contribution in [0.3, 0.4) is 0 Å². The van der Waals surface area contributed by atoms with Crippen molar-refractivity contribution < 1.29 is 13.0 Å². The first-order chi connectivity index (χ1) is 7.23. The van der Waals surface area contributed by atoms with Crippen molar-refractivity contribution in [3.05, 3.63) is 0 Å². The monoisotopic (exact) mass is 267 g/mol. The normalized spacial score (nSPS) is 13.4. The summed E-state index contributed by atoms with van der Waals surface area (Å²) < 4.78 is 32.2. The molecule has 0 amide bonds. The van der Waals surface area contributed by atoms with Crippen LogP contribution in [0.4, 0.5) is 0 Å². The van der Waals surface area contributed by atoms with Crippen molar-refractivity contribution in [2.75, 3.05) is 18.8 Å². The van der Waals surface area contributed by atoms with Crippen LogP contribution in [0.15, 0.2) is 0 Å². The Labute approximate surface area is 101 Å². The predicted octanol–water partition coefficient (Wildman–Crippen LogP) is 2.20. The van der Waals surface area contributed by atoms with Crippen LogP contribution >= 0.6 is 0 Å². The summed E-state index contributed by atoms with van der Waals surface area (Å²) in [4.78, 5) is 0. The molecule has 0 fully saturated rings. The summed E-state index contributed by atoms with van der Waals surface area (Å²) in [6.45, 7) is 11.1. The molecule has 0 aromatic rings. The molecule has 0 spiro atoms. The first kappa shape index (κ1) is 16.1. The van der Waals surface area contributed by atoms with Gasteiger partial charge in [-0.15, -0.1) is 0 Å². The molecule has 0 bridgehead atoms. The second-order valence-corrected chi connectivity index (χ2v) is 11.1. The zero-order valence-electron chi connectivity index (χ0n) is 10.9. The first-order valence-corrected chi connectivity index (χ1v) is 10.7. The van der Waals surface area contributed by atoms with E-state index in [1.54, 1.807) is 0 Å². The Morgan fingerprint density at radius 1 is 1.12 bits per heavy atom. The van der Waals surface area contributed by atoms with Crippen molar-refractivity contribution in [2.45, 2.75) is 45.8 Å². The van der Waals surface area contributed by atoms with Gasteiger partial charge < -0.3 is 4.57 Å². The summed E-state index contributed by atoms with van der Waals surface area (Å²) in [5, 5.41) is 0. The second kappa shape index (κ2) is 6.73. The fourth-order valence-electron chi connectivity index (χ4n) is 2.08. The Balaban J connectivity index is 3.99. The lowest BCUT2D eigenvalue weighted by Crippen LogP contribution is -2.48. The van der Waals surface area contributed by atoms with Crippen molar-refractivity contribution >= 4 is 18.4 Å². The summed E-state index contributed by atoms with van der Waals surface area (Å²) in [7, 11) is -5.14. The van der Waals surface area contributed by atoms with Crippen molar-refractivity contribution in [3.8, 4) is 0 Å². The molecule has 0 aliphatic carbocycles. The minimum Gasteiger partial charge on any atom is -0.324 e. The van der Waals surface area contributed by atoms with E-state index in [-0.39, 0.29) is 5.75 Å². The third-order valence-electron chi connectivity index (χ3n) is 3.06. The van der Waals surface area contributed by atoms with Crippen molar-refractivity contribution in [1.29, 1.82) is 0 Å². The van der Waals surface area contributed by atoms with Gasteiger partial charge in [-0.2, -0.15) is 8.42 Å². The van der Waals surface area contributed by atoms with Crippen LogP contribution in [0.2, 0.25) is 19.1 Å². The van der Waals surface area contributed by atoms with Gasteiger partial charge in [-0.05, 0) is 25.6 Å². The average Bonchev–Trinajstić information content (AvgIpc) is 2.12. The minimum atomic E-state index is -3.77. The summed E-state index contributed by atoms with van der Waals surface area (Å²) in [6, 6.07) is 1.09. The molecular formula is C10H25NO3SSi. The lowest BCUT2D eigenvalue weighted by molar-refractivity contribution is 0.461. The lowest BCUT2D eigenvalue weighted by Gasteiger charge is -2.35. The summed E-state index contributed by atoms with van der Waals surface area (Å²) in [5.74, 6) is -0.101. The van der Waals surface area contributed by atoms with Gasteiger partial charge in [-0.25, -0.2) is 0 Å². The van der Waals surface area contributed by atoms with Crippen LogP contribution in [0.1, 0.15) is 26.7 Å². The average molecular weight is 267 g/mol. The van der Waals surface area contributed by atoms with E-state index in [0.717, 1.165) is 25.6 Å². The van der Waals surface area contributed by atoms with Gasteiger partial charge in [-0.3, -0.25) is 4.55 Å². The van der Waals surface area contributed by atoms with Gasteiger partial charge in [0.2, 0.25) is 0 Å². The van der Waals surface area contributed by atoms with E-state index >= 15 is 0 Å². The van der Waals surface area contributed by atoms with Gasteiger partial charge in [0, 0.05) is 0 Å². The van der Waals surface area contributed by atoms with E-state index in [1.165, 1.54) is 0 Å². The topological polar surface area (TPSA) is 57.6 Å². The number of rotatable bonds is 8. The summed E-state index contributed by atoms with van der Waals surface area (Å²) in [5.41, 5.74) is 0. The molecular weight excluding hydrogens is 242 g/mol. The molecule has 0 aliphatic heterocycles. The van der Waals surface area contributed by atoms with E-state index in [1.807, 2.05) is 0 Å². The smallest absolute Gasteiger partial charge is 0.264 e. The molecule has 4 nitrogen and oxygen atoms in total. The molecule has 0 aromatic heterocycles. The molecule has 0 rings (SSSR count). The summed E-state index contributed by atoms with van der Waals surface area (Å²) in [6.07, 6.45) is 1.45. The van der Waals surface area contributed by atoms with E-state index in [2.05, 4.69) is 31.5 Å². The van der Waals surface area contributed by atoms with Crippen molar-refractivity contribution in [3.63, 3.8) is 0 Å². The molecule has 0 atom stereocenters. The Hall–Kier alpha value is 0.0869. The van der Waals surface area contributed by atoms with Crippen LogP contribution in [-0.4, -0.2) is 44.6 Å². The molecule has 0 heterocycles. The van der Waals surface area contributed by atoms with Crippen LogP contribution in [0.25, 0.3) is 0 Å². The molecule has 0 saturated carbocycles. The molecule has 16 heavy (non-hydrogen) atoms. The molecule has 0 unspecified atom stereocenters. The highest BCUT2D eigenvalue weighted by Gasteiger charge is 2.26. The zero-order valence-corrected chi connectivity index (χ0v) is 12.7. The van der Waals surface area contributed by atoms with Gasteiger partial charge in [0.1, 0.15) is 8.24 Å². The molecule has 6 heteroatoms. The van der Waals surface area contributed by atoms with Gasteiger partial charge in [-0.1, -0.05) is 33.4 Å². The van der Waals surface area contributed by atoms with Gasteiger partial charge >= 0.3 is 0 Å². The maximum atomic E-state index is 10.6. The van der Waals surface area contributed by atoms with Crippen molar-refractivity contribution in [1.82, 2.24) is 4.57 Å². The third-order valence-corrected chi connectivity index (χ3v) is 7.79. The lowest BCUT2D eigenvalue weighted by atomic mass is 10.4. The quantitative estimate of drug-likeness (QED) is 0.416. The number of hydrogen-bond donors (Lipinski definition) is 1. The fraction of sp³-hybridized carbons (Fsp3) is 1.00. The largest absolute Gasteiger partial charge is 0.324 e. The molecule has 0 aromatic carbocycles. The maximum Gasteiger partial charge on any atom is 0.264 e. The van der Waals surface area contributed by atoms with E-state index in [0.29, 0.717) is 6.42 Å². The third kappa shape index (κ3) is 6.62. The number of nitrogens with zero attached hydrogens (tertiary/aromatic N) is 1. The Kier molecular flexibility index (Phi) is 6.77. The SMILES string of the molecule is CCN(CC)[Si](C)(C)CCCCS(=O)(=O)O. The van der Waals surface area contributed by atoms with Gasteiger partial charge in [0.25, 0.3) is 10.1 Å². The predicted molar refractivity (Wildman–Crippen MR) is 70.9 cm³/mol. The van der Waals surface area contributed by atoms with E-state index in [4.69, 9.17) is 4.55 Å². The van der Waals surface area contributed by atoms with Crippen LogP contribution in [0.5, 0.6) is 0 Å².